The largest absolute Gasteiger partial charge is 0.508 e. The average Bonchev–Trinajstić information content (AvgIpc) is 3.06. The highest BCUT2D eigenvalue weighted by Gasteiger charge is 2.32. The third kappa shape index (κ3) is 15.6. The van der Waals surface area contributed by atoms with Crippen LogP contribution in [0.1, 0.15) is 58.1 Å². The Morgan fingerprint density at radius 3 is 1.65 bits per heavy atom. The third-order valence-electron chi connectivity index (χ3n) is 7.76. The molecule has 2 aromatic rings. The summed E-state index contributed by atoms with van der Waals surface area (Å²) in [5, 5.41) is 40.9. The molecule has 0 saturated heterocycles. The second-order valence-electron chi connectivity index (χ2n) is 13.4. The number of carbonyl (C=O) groups is 7. The lowest BCUT2D eigenvalue weighted by Gasteiger charge is -2.26. The van der Waals surface area contributed by atoms with Crippen LogP contribution in [0.15, 0.2) is 54.6 Å². The maximum Gasteiger partial charge on any atom is 0.326 e. The van der Waals surface area contributed by atoms with Gasteiger partial charge in [0.25, 0.3) is 0 Å². The number of hydrogen-bond donors (Lipinski definition) is 9. The Kier molecular flexibility index (Phi) is 17.2. The molecule has 5 atom stereocenters. The Hall–Kier alpha value is -5.51. The summed E-state index contributed by atoms with van der Waals surface area (Å²) in [5.74, 6) is -6.90. The van der Waals surface area contributed by atoms with Crippen LogP contribution in [-0.2, 0) is 46.4 Å². The van der Waals surface area contributed by atoms with E-state index in [1.807, 2.05) is 13.8 Å². The molecule has 2 rings (SSSR count). The van der Waals surface area contributed by atoms with Gasteiger partial charge in [-0.2, -0.15) is 0 Å². The lowest BCUT2D eigenvalue weighted by molar-refractivity contribution is -0.142. The van der Waals surface area contributed by atoms with Gasteiger partial charge in [0.05, 0.1) is 19.0 Å². The molecule has 0 aliphatic heterocycles. The van der Waals surface area contributed by atoms with Crippen molar-refractivity contribution in [3.8, 4) is 5.75 Å². The molecule has 0 aliphatic carbocycles. The summed E-state index contributed by atoms with van der Waals surface area (Å²) in [5.41, 5.74) is 7.16. The zero-order valence-corrected chi connectivity index (χ0v) is 29.8. The van der Waals surface area contributed by atoms with Crippen LogP contribution in [0.25, 0.3) is 0 Å². The fraction of sp³-hybridized carbons (Fsp3) is 0.472. The molecule has 5 amide bonds. The number of carbonyl (C=O) groups excluding carboxylic acids is 5. The summed E-state index contributed by atoms with van der Waals surface area (Å²) in [7, 11) is 0. The summed E-state index contributed by atoms with van der Waals surface area (Å²) in [4.78, 5) is 89.5. The summed E-state index contributed by atoms with van der Waals surface area (Å²) < 4.78 is 0. The second-order valence-corrected chi connectivity index (χ2v) is 13.4. The Morgan fingerprint density at radius 2 is 1.12 bits per heavy atom. The van der Waals surface area contributed by atoms with E-state index >= 15 is 0 Å². The van der Waals surface area contributed by atoms with Gasteiger partial charge in [0.2, 0.25) is 29.5 Å². The standard InChI is InChI=1S/C36H50N6O10/c1-20(2)14-25(37)32(47)40-27(17-23-10-12-24(43)13-11-23)34(49)42-28(18-31(45)46)35(50)41-26(16-22-8-6-5-7-9-22)33(48)38-19-30(44)39-29(36(51)52)15-21(3)4/h5-13,20-21,25-29,43H,14-19,37H2,1-4H3,(H,38,48)(H,39,44)(H,40,47)(H,41,50)(H,42,49)(H,45,46)(H,51,52)/t25-,26-,27-,28-,29-/m0/s1. The number of phenolic OH excluding ortho intramolecular Hbond substituents is 1. The van der Waals surface area contributed by atoms with Crippen LogP contribution in [0.3, 0.4) is 0 Å². The van der Waals surface area contributed by atoms with Crippen LogP contribution >= 0.6 is 0 Å². The van der Waals surface area contributed by atoms with Gasteiger partial charge >= 0.3 is 11.9 Å². The van der Waals surface area contributed by atoms with E-state index in [2.05, 4.69) is 26.6 Å². The highest BCUT2D eigenvalue weighted by atomic mass is 16.4. The van der Waals surface area contributed by atoms with Gasteiger partial charge < -0.3 is 47.6 Å². The number of carboxylic acid groups (broad SMARTS) is 2. The molecule has 0 spiro atoms. The highest BCUT2D eigenvalue weighted by Crippen LogP contribution is 2.13. The van der Waals surface area contributed by atoms with E-state index < -0.39 is 84.6 Å². The third-order valence-corrected chi connectivity index (χ3v) is 7.76. The molecule has 0 radical (unpaired) electrons. The second kappa shape index (κ2) is 21.0. The number of carboxylic acids is 2. The zero-order chi connectivity index (χ0) is 39.0. The van der Waals surface area contributed by atoms with Crippen molar-refractivity contribution in [2.45, 2.75) is 90.0 Å². The Balaban J connectivity index is 2.29. The number of amides is 5. The molecule has 52 heavy (non-hydrogen) atoms. The van der Waals surface area contributed by atoms with Crippen molar-refractivity contribution in [2.24, 2.45) is 17.6 Å². The van der Waals surface area contributed by atoms with E-state index in [4.69, 9.17) is 5.73 Å². The first-order valence-electron chi connectivity index (χ1n) is 16.9. The molecule has 0 saturated carbocycles. The average molecular weight is 727 g/mol. The molecular weight excluding hydrogens is 676 g/mol. The molecule has 0 unspecified atom stereocenters. The van der Waals surface area contributed by atoms with Gasteiger partial charge in [-0.1, -0.05) is 70.2 Å². The zero-order valence-electron chi connectivity index (χ0n) is 29.8. The van der Waals surface area contributed by atoms with E-state index in [-0.39, 0.29) is 36.8 Å². The van der Waals surface area contributed by atoms with Crippen LogP contribution in [0.5, 0.6) is 5.75 Å². The van der Waals surface area contributed by atoms with Gasteiger partial charge in [-0.25, -0.2) is 4.79 Å². The maximum absolute atomic E-state index is 13.6. The number of aliphatic carboxylic acids is 2. The molecule has 10 N–H and O–H groups in total. The smallest absolute Gasteiger partial charge is 0.326 e. The van der Waals surface area contributed by atoms with Gasteiger partial charge in [0.1, 0.15) is 29.9 Å². The molecule has 284 valence electrons. The molecule has 0 aliphatic rings. The summed E-state index contributed by atoms with van der Waals surface area (Å²) in [6.45, 7) is 6.69. The van der Waals surface area contributed by atoms with Gasteiger partial charge in [-0.15, -0.1) is 0 Å². The minimum Gasteiger partial charge on any atom is -0.508 e. The van der Waals surface area contributed by atoms with E-state index in [1.165, 1.54) is 24.3 Å². The van der Waals surface area contributed by atoms with E-state index in [0.29, 0.717) is 17.5 Å². The van der Waals surface area contributed by atoms with Crippen molar-refractivity contribution in [3.63, 3.8) is 0 Å². The molecule has 0 bridgehead atoms. The Bertz CT molecular complexity index is 1530. The predicted octanol–water partition coefficient (Wildman–Crippen LogP) is 0.212. The first-order valence-corrected chi connectivity index (χ1v) is 16.9. The van der Waals surface area contributed by atoms with Crippen LogP contribution in [-0.4, -0.2) is 93.5 Å². The van der Waals surface area contributed by atoms with Crippen LogP contribution in [0, 0.1) is 11.8 Å². The molecule has 16 heteroatoms. The maximum atomic E-state index is 13.6. The lowest BCUT2D eigenvalue weighted by Crippen LogP contribution is -2.59. The first kappa shape index (κ1) is 42.7. The molecule has 0 fully saturated rings. The number of phenols is 1. The van der Waals surface area contributed by atoms with Crippen LogP contribution in [0.2, 0.25) is 0 Å². The summed E-state index contributed by atoms with van der Waals surface area (Å²) >= 11 is 0. The van der Waals surface area contributed by atoms with Gasteiger partial charge in [0.15, 0.2) is 0 Å². The summed E-state index contributed by atoms with van der Waals surface area (Å²) in [6, 6.07) is 7.78. The Labute approximate surface area is 302 Å². The molecular formula is C36H50N6O10. The minimum atomic E-state index is -1.71. The number of rotatable bonds is 21. The van der Waals surface area contributed by atoms with E-state index in [9.17, 15) is 48.9 Å². The topological polar surface area (TPSA) is 266 Å². The van der Waals surface area contributed by atoms with Crippen LogP contribution in [0.4, 0.5) is 0 Å². The highest BCUT2D eigenvalue weighted by molar-refractivity contribution is 5.97. The summed E-state index contributed by atoms with van der Waals surface area (Å²) in [6.07, 6.45) is -0.615. The SMILES string of the molecule is CC(C)C[C@H](NC(=O)CNC(=O)[C@H](Cc1ccccc1)NC(=O)[C@H](CC(=O)O)NC(=O)[C@H](Cc1ccc(O)cc1)NC(=O)[C@@H](N)CC(C)C)C(=O)O. The monoisotopic (exact) mass is 726 g/mol. The Morgan fingerprint density at radius 1 is 0.615 bits per heavy atom. The number of aromatic hydroxyl groups is 1. The molecule has 0 heterocycles. The van der Waals surface area contributed by atoms with Crippen molar-refractivity contribution in [3.05, 3.63) is 65.7 Å². The number of benzene rings is 2. The van der Waals surface area contributed by atoms with Crippen molar-refractivity contribution in [1.82, 2.24) is 26.6 Å². The van der Waals surface area contributed by atoms with E-state index in [0.717, 1.165) is 0 Å². The van der Waals surface area contributed by atoms with E-state index in [1.54, 1.807) is 44.2 Å². The minimum absolute atomic E-state index is 0.0313. The lowest BCUT2D eigenvalue weighted by atomic mass is 10.0. The fourth-order valence-electron chi connectivity index (χ4n) is 5.19. The first-order chi connectivity index (χ1) is 24.4. The fourth-order valence-corrected chi connectivity index (χ4v) is 5.19. The van der Waals surface area contributed by atoms with Gasteiger partial charge in [-0.3, -0.25) is 28.8 Å². The number of nitrogens with one attached hydrogen (secondary N) is 5. The number of hydrogen-bond acceptors (Lipinski definition) is 9. The van der Waals surface area contributed by atoms with Crippen molar-refractivity contribution in [2.75, 3.05) is 6.54 Å². The molecule has 0 aromatic heterocycles. The quantitative estimate of drug-likeness (QED) is 0.0840. The van der Waals surface area contributed by atoms with Crippen molar-refractivity contribution < 1.29 is 48.9 Å². The number of nitrogens with two attached hydrogens (primary N) is 1. The van der Waals surface area contributed by atoms with Gasteiger partial charge in [-0.05, 0) is 47.9 Å². The predicted molar refractivity (Wildman–Crippen MR) is 189 cm³/mol. The van der Waals surface area contributed by atoms with Crippen molar-refractivity contribution in [1.29, 1.82) is 0 Å². The van der Waals surface area contributed by atoms with Crippen molar-refractivity contribution >= 4 is 41.5 Å². The normalized spacial score (nSPS) is 13.9. The molecule has 2 aromatic carbocycles. The molecule has 16 nitrogen and oxygen atoms in total. The van der Waals surface area contributed by atoms with Crippen LogP contribution < -0.4 is 32.3 Å². The van der Waals surface area contributed by atoms with Gasteiger partial charge in [0, 0.05) is 12.8 Å².